The van der Waals surface area contributed by atoms with E-state index in [-0.39, 0.29) is 12.4 Å². The standard InChI is InChI=1S/C9H13N2O2.Tl/c1-9(2,3)13-8(12)4-7-5-10-6-11-7;/h5-6H,4H2,1-3H3;/q-1;+1. The third kappa shape index (κ3) is 4.21. The van der Waals surface area contributed by atoms with E-state index in [0.29, 0.717) is 26.1 Å². The van der Waals surface area contributed by atoms with Crippen LogP contribution in [0.1, 0.15) is 26.5 Å². The molecule has 0 spiro atoms. The molecule has 0 bridgehead atoms. The summed E-state index contributed by atoms with van der Waals surface area (Å²) in [6, 6.07) is 0. The molecule has 0 aromatic carbocycles. The van der Waals surface area contributed by atoms with Crippen LogP contribution in [-0.4, -0.2) is 45.0 Å². The number of ether oxygens (including phenoxy) is 1. The predicted molar refractivity (Wildman–Crippen MR) is 52.9 cm³/mol. The molecule has 14 heavy (non-hydrogen) atoms. The fourth-order valence-corrected chi connectivity index (χ4v) is 1.92. The van der Waals surface area contributed by atoms with Crippen LogP contribution in [-0.2, 0) is 16.0 Å². The quantitative estimate of drug-likeness (QED) is 0.556. The number of aromatic nitrogens is 2. The summed E-state index contributed by atoms with van der Waals surface area (Å²) in [4.78, 5) is 15.5. The van der Waals surface area contributed by atoms with Crippen LogP contribution >= 0.6 is 0 Å². The zero-order valence-corrected chi connectivity index (χ0v) is 13.1. The summed E-state index contributed by atoms with van der Waals surface area (Å²) < 4.78 is 7.15. The number of carbonyl (C=O) groups excluding carboxylic acids is 1. The Morgan fingerprint density at radius 3 is 2.71 bits per heavy atom. The maximum atomic E-state index is 11.4. The first-order valence-corrected chi connectivity index (χ1v) is 6.37. The molecule has 0 aliphatic heterocycles. The third-order valence-corrected chi connectivity index (χ3v) is 2.50. The van der Waals surface area contributed by atoms with Gasteiger partial charge in [-0.05, 0) is 0 Å². The molecule has 1 aromatic rings. The molecule has 0 saturated carbocycles. The summed E-state index contributed by atoms with van der Waals surface area (Å²) in [5.41, 5.74) is 0.365. The summed E-state index contributed by atoms with van der Waals surface area (Å²) in [6.45, 7) is 5.58. The van der Waals surface area contributed by atoms with Crippen molar-refractivity contribution >= 4 is 32.0 Å². The van der Waals surface area contributed by atoms with Gasteiger partial charge in [-0.1, -0.05) is 0 Å². The van der Waals surface area contributed by atoms with Crippen molar-refractivity contribution in [3.8, 4) is 0 Å². The molecule has 1 rings (SSSR count). The van der Waals surface area contributed by atoms with Gasteiger partial charge in [0.2, 0.25) is 0 Å². The van der Waals surface area contributed by atoms with Gasteiger partial charge in [-0.15, -0.1) is 0 Å². The van der Waals surface area contributed by atoms with Crippen molar-refractivity contribution in [3.63, 3.8) is 0 Å². The fraction of sp³-hybridized carbons (Fsp3) is 0.556. The minimum atomic E-state index is -0.414. The molecule has 0 atom stereocenters. The Kier molecular flexibility index (Phi) is 3.68. The van der Waals surface area contributed by atoms with Gasteiger partial charge in [0.15, 0.2) is 0 Å². The second-order valence-electron chi connectivity index (χ2n) is 4.08. The Morgan fingerprint density at radius 1 is 1.64 bits per heavy atom. The average molecular weight is 386 g/mol. The van der Waals surface area contributed by atoms with E-state index in [4.69, 9.17) is 4.74 Å². The molecule has 1 aromatic heterocycles. The number of nitrogens with zero attached hydrogens (tertiary/aromatic N) is 2. The molecule has 1 heterocycles. The van der Waals surface area contributed by atoms with Gasteiger partial charge >= 0.3 is 99.9 Å². The number of rotatable bonds is 2. The number of imidazole rings is 1. The van der Waals surface area contributed by atoms with Crippen LogP contribution in [0.25, 0.3) is 0 Å². The molecule has 0 amide bonds. The van der Waals surface area contributed by atoms with Crippen molar-refractivity contribution in [2.45, 2.75) is 32.8 Å². The Bertz CT molecular complexity index is 328. The molecular formula is C9H13N2O2Tl. The van der Waals surface area contributed by atoms with E-state index in [1.54, 1.807) is 6.33 Å². The number of carbonyl (C=O) groups is 1. The van der Waals surface area contributed by atoms with E-state index < -0.39 is 5.60 Å². The van der Waals surface area contributed by atoms with Crippen LogP contribution in [0.3, 0.4) is 0 Å². The molecule has 4 nitrogen and oxygen atoms in total. The monoisotopic (exact) mass is 386 g/mol. The fourth-order valence-electron chi connectivity index (χ4n) is 0.996. The van der Waals surface area contributed by atoms with Crippen LogP contribution in [0.15, 0.2) is 12.5 Å². The van der Waals surface area contributed by atoms with Gasteiger partial charge < -0.3 is 0 Å². The topological polar surface area (TPSA) is 44.1 Å². The van der Waals surface area contributed by atoms with E-state index in [1.165, 1.54) is 0 Å². The van der Waals surface area contributed by atoms with Crippen molar-refractivity contribution in [2.24, 2.45) is 0 Å². The Morgan fingerprint density at radius 2 is 2.29 bits per heavy atom. The molecule has 0 saturated heterocycles. The second kappa shape index (κ2) is 4.41. The summed E-state index contributed by atoms with van der Waals surface area (Å²) >= 11 is 0.694. The van der Waals surface area contributed by atoms with Crippen molar-refractivity contribution in [1.82, 2.24) is 7.36 Å². The summed E-state index contributed by atoms with van der Waals surface area (Å²) in [5, 5.41) is 0. The zero-order valence-electron chi connectivity index (χ0n) is 8.65. The van der Waals surface area contributed by atoms with E-state index in [0.717, 1.165) is 5.69 Å². The first-order chi connectivity index (χ1) is 6.37. The van der Waals surface area contributed by atoms with Crippen LogP contribution in [0.5, 0.6) is 0 Å². The van der Waals surface area contributed by atoms with Crippen LogP contribution in [0.2, 0.25) is 0 Å². The molecule has 0 radical (unpaired) electrons. The average Bonchev–Trinajstić information content (AvgIpc) is 2.30. The van der Waals surface area contributed by atoms with Crippen LogP contribution in [0, 0.1) is 0 Å². The SMILES string of the molecule is CC(C)(C)OC(=O)Cc1c[n]([Tl])cn1. The van der Waals surface area contributed by atoms with Gasteiger partial charge in [-0.25, -0.2) is 0 Å². The number of esters is 1. The Hall–Kier alpha value is -0.398. The molecule has 0 aliphatic carbocycles. The van der Waals surface area contributed by atoms with Crippen molar-refractivity contribution in [3.05, 3.63) is 18.2 Å². The molecule has 0 aliphatic rings. The molecule has 74 valence electrons. The van der Waals surface area contributed by atoms with Crippen LogP contribution in [0.4, 0.5) is 0 Å². The molecule has 5 heteroatoms. The first-order valence-electron chi connectivity index (χ1n) is 4.36. The number of hydrogen-bond donors (Lipinski definition) is 0. The van der Waals surface area contributed by atoms with E-state index in [2.05, 4.69) is 4.98 Å². The molecular weight excluding hydrogens is 372 g/mol. The van der Waals surface area contributed by atoms with E-state index in [1.807, 2.05) is 29.3 Å². The zero-order chi connectivity index (χ0) is 10.8. The van der Waals surface area contributed by atoms with Crippen molar-refractivity contribution in [2.75, 3.05) is 0 Å². The van der Waals surface area contributed by atoms with Gasteiger partial charge in [0.1, 0.15) is 0 Å². The van der Waals surface area contributed by atoms with Crippen LogP contribution < -0.4 is 0 Å². The summed E-state index contributed by atoms with van der Waals surface area (Å²) in [6.07, 6.45) is 3.88. The molecule has 0 N–H and O–H groups in total. The van der Waals surface area contributed by atoms with E-state index in [9.17, 15) is 4.79 Å². The van der Waals surface area contributed by atoms with Gasteiger partial charge in [-0.3, -0.25) is 0 Å². The summed E-state index contributed by atoms with van der Waals surface area (Å²) in [7, 11) is 0. The van der Waals surface area contributed by atoms with Gasteiger partial charge in [0.05, 0.1) is 0 Å². The van der Waals surface area contributed by atoms with Gasteiger partial charge in [-0.2, -0.15) is 0 Å². The van der Waals surface area contributed by atoms with Crippen molar-refractivity contribution in [1.29, 1.82) is 0 Å². The van der Waals surface area contributed by atoms with Gasteiger partial charge in [0.25, 0.3) is 0 Å². The molecule has 0 fully saturated rings. The van der Waals surface area contributed by atoms with Gasteiger partial charge in [0, 0.05) is 0 Å². The number of hydrogen-bond acceptors (Lipinski definition) is 3. The maximum absolute atomic E-state index is 11.4. The minimum absolute atomic E-state index is 0.221. The summed E-state index contributed by atoms with van der Waals surface area (Å²) in [5.74, 6) is -0.221. The Balaban J connectivity index is 2.50. The first kappa shape index (κ1) is 11.7. The third-order valence-electron chi connectivity index (χ3n) is 1.40. The normalized spacial score (nSPS) is 11.3. The second-order valence-corrected chi connectivity index (χ2v) is 6.39. The Labute approximate surface area is 99.8 Å². The van der Waals surface area contributed by atoms with E-state index >= 15 is 0 Å². The predicted octanol–water partition coefficient (Wildman–Crippen LogP) is 0.699. The van der Waals surface area contributed by atoms with Crippen molar-refractivity contribution < 1.29 is 9.53 Å². The molecule has 0 unspecified atom stereocenters.